The Morgan fingerprint density at radius 3 is 3.00 bits per heavy atom. The highest BCUT2D eigenvalue weighted by Crippen LogP contribution is 2.28. The molecule has 0 aromatic carbocycles. The van der Waals surface area contributed by atoms with E-state index in [4.69, 9.17) is 21.1 Å². The lowest BCUT2D eigenvalue weighted by molar-refractivity contribution is -0.0371. The van der Waals surface area contributed by atoms with Crippen molar-refractivity contribution in [3.63, 3.8) is 0 Å². The highest BCUT2D eigenvalue weighted by Gasteiger charge is 2.28. The minimum atomic E-state index is -0.523. The molecule has 2 aromatic rings. The number of rotatable bonds is 4. The molecule has 1 N–H and O–H groups in total. The van der Waals surface area contributed by atoms with E-state index in [0.717, 1.165) is 10.7 Å². The van der Waals surface area contributed by atoms with Crippen molar-refractivity contribution in [3.8, 4) is 10.7 Å². The van der Waals surface area contributed by atoms with Crippen LogP contribution in [0, 0.1) is 0 Å². The third kappa shape index (κ3) is 5.50. The first-order valence-electron chi connectivity index (χ1n) is 8.58. The van der Waals surface area contributed by atoms with Crippen LogP contribution in [0.2, 0.25) is 5.15 Å². The molecule has 0 bridgehead atoms. The molecule has 1 saturated heterocycles. The van der Waals surface area contributed by atoms with Crippen molar-refractivity contribution in [1.29, 1.82) is 0 Å². The van der Waals surface area contributed by atoms with Gasteiger partial charge in [0.05, 0.1) is 24.9 Å². The van der Waals surface area contributed by atoms with Gasteiger partial charge in [-0.05, 0) is 20.8 Å². The molecule has 1 aliphatic rings. The topological polar surface area (TPSA) is 89.5 Å². The molecule has 1 amide bonds. The first kappa shape index (κ1) is 19.8. The fourth-order valence-electron chi connectivity index (χ4n) is 2.56. The van der Waals surface area contributed by atoms with Gasteiger partial charge in [0, 0.05) is 30.7 Å². The summed E-state index contributed by atoms with van der Waals surface area (Å²) in [6.45, 7) is 7.46. The van der Waals surface area contributed by atoms with Crippen molar-refractivity contribution in [3.05, 3.63) is 22.8 Å². The van der Waals surface area contributed by atoms with Crippen molar-refractivity contribution < 1.29 is 14.3 Å². The highest BCUT2D eigenvalue weighted by molar-refractivity contribution is 7.13. The van der Waals surface area contributed by atoms with E-state index in [9.17, 15) is 4.79 Å². The predicted octanol–water partition coefficient (Wildman–Crippen LogP) is 3.30. The average Bonchev–Trinajstić information content (AvgIpc) is 3.13. The van der Waals surface area contributed by atoms with E-state index in [1.54, 1.807) is 17.2 Å². The molecule has 0 radical (unpaired) electrons. The predicted molar refractivity (Wildman–Crippen MR) is 104 cm³/mol. The van der Waals surface area contributed by atoms with Crippen LogP contribution >= 0.6 is 22.9 Å². The summed E-state index contributed by atoms with van der Waals surface area (Å²) in [4.78, 5) is 18.2. The van der Waals surface area contributed by atoms with Gasteiger partial charge in [0.15, 0.2) is 5.15 Å². The Balaban J connectivity index is 1.63. The Kier molecular flexibility index (Phi) is 6.13. The van der Waals surface area contributed by atoms with Crippen LogP contribution in [0.5, 0.6) is 0 Å². The summed E-state index contributed by atoms with van der Waals surface area (Å²) in [6.07, 6.45) is 1.21. The zero-order valence-corrected chi connectivity index (χ0v) is 17.0. The molecule has 0 saturated carbocycles. The van der Waals surface area contributed by atoms with Gasteiger partial charge in [0.2, 0.25) is 0 Å². The van der Waals surface area contributed by atoms with Gasteiger partial charge in [-0.3, -0.25) is 0 Å². The zero-order chi connectivity index (χ0) is 19.4. The Morgan fingerprint density at radius 1 is 1.48 bits per heavy atom. The van der Waals surface area contributed by atoms with Crippen LogP contribution in [0.3, 0.4) is 0 Å². The molecule has 1 unspecified atom stereocenters. The number of anilines is 1. The van der Waals surface area contributed by atoms with Gasteiger partial charge < -0.3 is 19.7 Å². The number of carbonyl (C=O) groups is 1. The zero-order valence-electron chi connectivity index (χ0n) is 15.4. The van der Waals surface area contributed by atoms with Crippen molar-refractivity contribution in [2.75, 3.05) is 31.6 Å². The van der Waals surface area contributed by atoms with Crippen molar-refractivity contribution in [2.45, 2.75) is 32.5 Å². The number of hydrogen-bond donors (Lipinski definition) is 1. The number of halogens is 1. The highest BCUT2D eigenvalue weighted by atomic mass is 35.5. The molecule has 10 heteroatoms. The normalized spacial score (nSPS) is 17.6. The molecule has 8 nitrogen and oxygen atoms in total. The third-order valence-corrected chi connectivity index (χ3v) is 4.67. The number of morpholine rings is 1. The Labute approximate surface area is 166 Å². The van der Waals surface area contributed by atoms with Crippen molar-refractivity contribution in [1.82, 2.24) is 20.1 Å². The summed E-state index contributed by atoms with van der Waals surface area (Å²) in [6, 6.07) is 1.71. The minimum absolute atomic E-state index is 0.178. The van der Waals surface area contributed by atoms with Gasteiger partial charge in [-0.15, -0.1) is 21.5 Å². The fraction of sp³-hybridized carbons (Fsp3) is 0.529. The molecule has 1 fully saturated rings. The first-order chi connectivity index (χ1) is 12.8. The average molecular weight is 412 g/mol. The summed E-state index contributed by atoms with van der Waals surface area (Å²) in [5, 5.41) is 14.3. The molecule has 0 spiro atoms. The van der Waals surface area contributed by atoms with Gasteiger partial charge in [-0.1, -0.05) is 11.6 Å². The smallest absolute Gasteiger partial charge is 0.410 e. The maximum atomic E-state index is 12.3. The van der Waals surface area contributed by atoms with Crippen LogP contribution in [0.4, 0.5) is 10.5 Å². The van der Waals surface area contributed by atoms with Crippen LogP contribution in [0.25, 0.3) is 10.7 Å². The molecular formula is C17H22ClN5O3S. The Morgan fingerprint density at radius 2 is 2.30 bits per heavy atom. The van der Waals surface area contributed by atoms with E-state index >= 15 is 0 Å². The van der Waals surface area contributed by atoms with Crippen LogP contribution < -0.4 is 5.32 Å². The molecule has 146 valence electrons. The van der Waals surface area contributed by atoms with E-state index < -0.39 is 5.60 Å². The molecule has 1 aliphatic heterocycles. The van der Waals surface area contributed by atoms with E-state index in [-0.39, 0.29) is 17.4 Å². The Bertz CT molecular complexity index is 781. The van der Waals surface area contributed by atoms with Gasteiger partial charge in [0.1, 0.15) is 16.3 Å². The molecule has 3 rings (SSSR count). The summed E-state index contributed by atoms with van der Waals surface area (Å²) in [7, 11) is 0. The lowest BCUT2D eigenvalue weighted by atomic mass is 10.2. The van der Waals surface area contributed by atoms with Gasteiger partial charge in [-0.2, -0.15) is 0 Å². The standard InChI is InChI=1S/C17H22ClN5O3S/c1-17(2,3)26-16(24)23-5-6-25-11(10-23)9-20-12-8-13(18)21-22-14(12)15-19-4-7-27-15/h4,7-8,11H,5-6,9-10H2,1-3H3,(H,20,21). The second-order valence-electron chi connectivity index (χ2n) is 7.07. The number of aromatic nitrogens is 3. The van der Waals surface area contributed by atoms with E-state index in [1.165, 1.54) is 11.3 Å². The van der Waals surface area contributed by atoms with Crippen LogP contribution in [0.1, 0.15) is 20.8 Å². The van der Waals surface area contributed by atoms with Crippen molar-refractivity contribution in [2.24, 2.45) is 0 Å². The van der Waals surface area contributed by atoms with Crippen LogP contribution in [-0.2, 0) is 9.47 Å². The van der Waals surface area contributed by atoms with Gasteiger partial charge in [-0.25, -0.2) is 9.78 Å². The molecule has 1 atom stereocenters. The van der Waals surface area contributed by atoms with Gasteiger partial charge >= 0.3 is 6.09 Å². The second kappa shape index (κ2) is 8.37. The first-order valence-corrected chi connectivity index (χ1v) is 9.84. The maximum absolute atomic E-state index is 12.3. The number of nitrogens with one attached hydrogen (secondary N) is 1. The van der Waals surface area contributed by atoms with E-state index in [1.807, 2.05) is 26.2 Å². The number of carbonyl (C=O) groups excluding carboxylic acids is 1. The largest absolute Gasteiger partial charge is 0.444 e. The summed E-state index contributed by atoms with van der Waals surface area (Å²) in [5.41, 5.74) is 0.836. The van der Waals surface area contributed by atoms with E-state index in [2.05, 4.69) is 20.5 Å². The molecule has 27 heavy (non-hydrogen) atoms. The van der Waals surface area contributed by atoms with Crippen molar-refractivity contribution >= 4 is 34.7 Å². The second-order valence-corrected chi connectivity index (χ2v) is 8.35. The molecule has 3 heterocycles. The van der Waals surface area contributed by atoms with Crippen LogP contribution in [0.15, 0.2) is 17.6 Å². The number of nitrogens with zero attached hydrogens (tertiary/aromatic N) is 4. The van der Waals surface area contributed by atoms with Gasteiger partial charge in [0.25, 0.3) is 0 Å². The Hall–Kier alpha value is -1.97. The monoisotopic (exact) mass is 411 g/mol. The summed E-state index contributed by atoms with van der Waals surface area (Å²) < 4.78 is 11.2. The van der Waals surface area contributed by atoms with E-state index in [0.29, 0.717) is 31.9 Å². The number of thiazole rings is 1. The third-order valence-electron chi connectivity index (χ3n) is 3.71. The summed E-state index contributed by atoms with van der Waals surface area (Å²) in [5.74, 6) is 0. The number of hydrogen-bond acceptors (Lipinski definition) is 8. The maximum Gasteiger partial charge on any atom is 0.410 e. The molecule has 2 aromatic heterocycles. The van der Waals surface area contributed by atoms with Crippen LogP contribution in [-0.4, -0.2) is 64.1 Å². The fourth-order valence-corrected chi connectivity index (χ4v) is 3.34. The number of ether oxygens (including phenoxy) is 2. The number of amides is 1. The lowest BCUT2D eigenvalue weighted by Crippen LogP contribution is -2.49. The molecule has 0 aliphatic carbocycles. The SMILES string of the molecule is CC(C)(C)OC(=O)N1CCOC(CNc2cc(Cl)nnc2-c2nccs2)C1. The molecular weight excluding hydrogens is 390 g/mol. The minimum Gasteiger partial charge on any atom is -0.444 e. The summed E-state index contributed by atoms with van der Waals surface area (Å²) >= 11 is 7.46. The quantitative estimate of drug-likeness (QED) is 0.825. The lowest BCUT2D eigenvalue weighted by Gasteiger charge is -2.34.